The van der Waals surface area contributed by atoms with Crippen LogP contribution < -0.4 is 4.74 Å². The molecule has 0 N–H and O–H groups in total. The topological polar surface area (TPSA) is 43.8 Å². The Morgan fingerprint density at radius 3 is 2.96 bits per heavy atom. The minimum absolute atomic E-state index is 0.110. The molecular formula is C20H30N2O3. The molecule has 3 aliphatic rings. The van der Waals surface area contributed by atoms with Crippen molar-refractivity contribution in [1.29, 1.82) is 0 Å². The Kier molecular flexibility index (Phi) is 5.54. The second-order valence-corrected chi connectivity index (χ2v) is 7.86. The molecule has 0 radical (unpaired) electrons. The third-order valence-corrected chi connectivity index (χ3v) is 6.07. The second kappa shape index (κ2) is 8.02. The highest BCUT2D eigenvalue weighted by molar-refractivity contribution is 5.10. The highest BCUT2D eigenvalue weighted by Gasteiger charge is 2.47. The van der Waals surface area contributed by atoms with Crippen LogP contribution >= 0.6 is 0 Å². The molecule has 0 spiro atoms. The van der Waals surface area contributed by atoms with Crippen molar-refractivity contribution < 1.29 is 14.2 Å². The molecule has 0 amide bonds. The molecular weight excluding hydrogens is 316 g/mol. The molecule has 4 heterocycles. The first kappa shape index (κ1) is 17.3. The fourth-order valence-electron chi connectivity index (χ4n) is 4.69. The Morgan fingerprint density at radius 1 is 1.20 bits per heavy atom. The SMILES string of the molecule is c1ccc(OC[C@]23CCCO[C@@H]2CCN(CC2CCOCC2)C3)nc1. The van der Waals surface area contributed by atoms with Crippen molar-refractivity contribution in [3.05, 3.63) is 24.4 Å². The Hall–Kier alpha value is -1.17. The van der Waals surface area contributed by atoms with Crippen LogP contribution in [0.25, 0.3) is 0 Å². The minimum Gasteiger partial charge on any atom is -0.477 e. The first-order valence-electron chi connectivity index (χ1n) is 9.80. The van der Waals surface area contributed by atoms with Gasteiger partial charge in [-0.25, -0.2) is 4.98 Å². The molecule has 3 fully saturated rings. The number of fused-ring (bicyclic) bond motifs is 1. The summed E-state index contributed by atoms with van der Waals surface area (Å²) in [7, 11) is 0. The maximum Gasteiger partial charge on any atom is 0.213 e. The van der Waals surface area contributed by atoms with Gasteiger partial charge in [-0.3, -0.25) is 0 Å². The van der Waals surface area contributed by atoms with E-state index in [4.69, 9.17) is 14.2 Å². The van der Waals surface area contributed by atoms with E-state index in [-0.39, 0.29) is 5.41 Å². The zero-order valence-corrected chi connectivity index (χ0v) is 15.1. The summed E-state index contributed by atoms with van der Waals surface area (Å²) < 4.78 is 17.8. The van der Waals surface area contributed by atoms with E-state index in [0.29, 0.717) is 12.7 Å². The Balaban J connectivity index is 1.41. The van der Waals surface area contributed by atoms with E-state index in [1.165, 1.54) is 25.8 Å². The van der Waals surface area contributed by atoms with Gasteiger partial charge >= 0.3 is 0 Å². The normalized spacial score (nSPS) is 31.4. The van der Waals surface area contributed by atoms with Crippen LogP contribution in [0.5, 0.6) is 5.88 Å². The number of hydrogen-bond donors (Lipinski definition) is 0. The molecule has 5 heteroatoms. The van der Waals surface area contributed by atoms with E-state index in [9.17, 15) is 0 Å². The fourth-order valence-corrected chi connectivity index (χ4v) is 4.69. The molecule has 1 aromatic heterocycles. The molecule has 5 nitrogen and oxygen atoms in total. The Bertz CT molecular complexity index is 535. The molecule has 3 aliphatic heterocycles. The van der Waals surface area contributed by atoms with Gasteiger partial charge in [0, 0.05) is 57.1 Å². The van der Waals surface area contributed by atoms with Crippen LogP contribution in [-0.4, -0.2) is 62.0 Å². The average Bonchev–Trinajstić information content (AvgIpc) is 2.68. The number of likely N-dealkylation sites (tertiary alicyclic amines) is 1. The monoisotopic (exact) mass is 346 g/mol. The standard InChI is InChI=1S/C20H30N2O3/c1-2-9-21-19(4-1)25-16-20-8-3-11-24-18(20)5-10-22(15-20)14-17-6-12-23-13-7-17/h1-2,4,9,17-18H,3,5-8,10-16H2/t18-,20-/m1/s1. The highest BCUT2D eigenvalue weighted by atomic mass is 16.5. The molecule has 138 valence electrons. The summed E-state index contributed by atoms with van der Waals surface area (Å²) in [6.07, 6.45) is 7.97. The Morgan fingerprint density at radius 2 is 2.12 bits per heavy atom. The molecule has 3 saturated heterocycles. The van der Waals surface area contributed by atoms with Crippen LogP contribution in [0.1, 0.15) is 32.1 Å². The molecule has 2 atom stereocenters. The van der Waals surface area contributed by atoms with Crippen LogP contribution in [0.4, 0.5) is 0 Å². The van der Waals surface area contributed by atoms with Gasteiger partial charge < -0.3 is 19.1 Å². The third-order valence-electron chi connectivity index (χ3n) is 6.07. The first-order valence-corrected chi connectivity index (χ1v) is 9.80. The van der Waals surface area contributed by atoms with Crippen molar-refractivity contribution in [2.45, 2.75) is 38.2 Å². The van der Waals surface area contributed by atoms with Gasteiger partial charge in [-0.05, 0) is 44.1 Å². The van der Waals surface area contributed by atoms with Crippen molar-refractivity contribution >= 4 is 0 Å². The van der Waals surface area contributed by atoms with E-state index >= 15 is 0 Å². The largest absolute Gasteiger partial charge is 0.477 e. The van der Waals surface area contributed by atoms with Crippen molar-refractivity contribution in [2.75, 3.05) is 46.1 Å². The van der Waals surface area contributed by atoms with E-state index in [1.807, 2.05) is 18.2 Å². The zero-order valence-electron chi connectivity index (χ0n) is 15.1. The summed E-state index contributed by atoms with van der Waals surface area (Å²) in [6, 6.07) is 5.85. The van der Waals surface area contributed by atoms with Gasteiger partial charge in [0.25, 0.3) is 0 Å². The fraction of sp³-hybridized carbons (Fsp3) is 0.750. The predicted octanol–water partition coefficient (Wildman–Crippen LogP) is 2.76. The number of rotatable bonds is 5. The quantitative estimate of drug-likeness (QED) is 0.820. The lowest BCUT2D eigenvalue weighted by Gasteiger charge is -2.50. The first-order chi connectivity index (χ1) is 12.3. The van der Waals surface area contributed by atoms with Gasteiger partial charge in [-0.2, -0.15) is 0 Å². The number of ether oxygens (including phenoxy) is 3. The molecule has 1 aromatic rings. The van der Waals surface area contributed by atoms with E-state index in [2.05, 4.69) is 9.88 Å². The predicted molar refractivity (Wildman–Crippen MR) is 95.7 cm³/mol. The van der Waals surface area contributed by atoms with Crippen LogP contribution in [0.2, 0.25) is 0 Å². The van der Waals surface area contributed by atoms with Gasteiger partial charge in [-0.15, -0.1) is 0 Å². The number of nitrogens with zero attached hydrogens (tertiary/aromatic N) is 2. The maximum absolute atomic E-state index is 6.16. The lowest BCUT2D eigenvalue weighted by Crippen LogP contribution is -2.58. The highest BCUT2D eigenvalue weighted by Crippen LogP contribution is 2.41. The van der Waals surface area contributed by atoms with Gasteiger partial charge in [0.1, 0.15) is 0 Å². The van der Waals surface area contributed by atoms with Gasteiger partial charge in [0.2, 0.25) is 5.88 Å². The third kappa shape index (κ3) is 4.15. The van der Waals surface area contributed by atoms with E-state index in [1.54, 1.807) is 6.20 Å². The van der Waals surface area contributed by atoms with Crippen molar-refractivity contribution in [3.63, 3.8) is 0 Å². The zero-order chi connectivity index (χ0) is 17.0. The van der Waals surface area contributed by atoms with Crippen LogP contribution in [0.15, 0.2) is 24.4 Å². The van der Waals surface area contributed by atoms with Crippen LogP contribution in [0.3, 0.4) is 0 Å². The second-order valence-electron chi connectivity index (χ2n) is 7.86. The molecule has 0 aromatic carbocycles. The average molecular weight is 346 g/mol. The summed E-state index contributed by atoms with van der Waals surface area (Å²) in [5.74, 6) is 1.51. The Labute approximate surface area is 150 Å². The molecule has 25 heavy (non-hydrogen) atoms. The van der Waals surface area contributed by atoms with Crippen molar-refractivity contribution in [1.82, 2.24) is 9.88 Å². The summed E-state index contributed by atoms with van der Waals surface area (Å²) in [5.41, 5.74) is 0.110. The molecule has 0 unspecified atom stereocenters. The lowest BCUT2D eigenvalue weighted by molar-refractivity contribution is -0.142. The molecule has 0 bridgehead atoms. The van der Waals surface area contributed by atoms with Crippen LogP contribution in [0, 0.1) is 11.3 Å². The van der Waals surface area contributed by atoms with Gasteiger partial charge in [0.15, 0.2) is 0 Å². The molecule has 4 rings (SSSR count). The van der Waals surface area contributed by atoms with E-state index < -0.39 is 0 Å². The lowest BCUT2D eigenvalue weighted by atomic mass is 9.72. The molecule has 0 saturated carbocycles. The van der Waals surface area contributed by atoms with Gasteiger partial charge in [-0.1, -0.05) is 6.07 Å². The number of pyridine rings is 1. The summed E-state index contributed by atoms with van der Waals surface area (Å²) in [6.45, 7) is 6.89. The smallest absolute Gasteiger partial charge is 0.213 e. The van der Waals surface area contributed by atoms with E-state index in [0.717, 1.165) is 57.5 Å². The summed E-state index contributed by atoms with van der Waals surface area (Å²) in [5, 5.41) is 0. The van der Waals surface area contributed by atoms with Gasteiger partial charge in [0.05, 0.1) is 12.7 Å². The number of aromatic nitrogens is 1. The van der Waals surface area contributed by atoms with Crippen molar-refractivity contribution in [3.8, 4) is 5.88 Å². The molecule has 0 aliphatic carbocycles. The minimum atomic E-state index is 0.110. The summed E-state index contributed by atoms with van der Waals surface area (Å²) in [4.78, 5) is 6.98. The maximum atomic E-state index is 6.16. The van der Waals surface area contributed by atoms with Crippen LogP contribution in [-0.2, 0) is 9.47 Å². The number of hydrogen-bond acceptors (Lipinski definition) is 5. The van der Waals surface area contributed by atoms with Crippen molar-refractivity contribution in [2.24, 2.45) is 11.3 Å². The number of piperidine rings is 1. The summed E-state index contributed by atoms with van der Waals surface area (Å²) >= 11 is 0.